The van der Waals surface area contributed by atoms with E-state index in [1.165, 1.54) is 5.56 Å². The van der Waals surface area contributed by atoms with E-state index in [0.29, 0.717) is 11.8 Å². The van der Waals surface area contributed by atoms with Crippen molar-refractivity contribution in [3.63, 3.8) is 0 Å². The molecule has 2 saturated heterocycles. The third-order valence-corrected chi connectivity index (χ3v) is 4.99. The molecular weight excluding hydrogens is 272 g/mol. The molecule has 2 aliphatic rings. The smallest absolute Gasteiger partial charge is 0.231 e. The van der Waals surface area contributed by atoms with Crippen molar-refractivity contribution in [1.29, 1.82) is 0 Å². The summed E-state index contributed by atoms with van der Waals surface area (Å²) in [5, 5.41) is 4.09. The molecule has 4 rings (SSSR count). The Kier molecular flexibility index (Phi) is 2.89. The van der Waals surface area contributed by atoms with E-state index in [9.17, 15) is 4.79 Å². The lowest BCUT2D eigenvalue weighted by Crippen LogP contribution is -2.32. The van der Waals surface area contributed by atoms with Crippen LogP contribution in [0.15, 0.2) is 39.8 Å². The van der Waals surface area contributed by atoms with Gasteiger partial charge in [0.25, 0.3) is 0 Å². The van der Waals surface area contributed by atoms with Gasteiger partial charge in [-0.15, -0.1) is 0 Å². The normalized spacial score (nSPS) is 26.4. The lowest BCUT2D eigenvalue weighted by Gasteiger charge is -2.20. The minimum absolute atomic E-state index is 0.168. The Balaban J connectivity index is 1.45. The third-order valence-electron chi connectivity index (χ3n) is 4.32. The van der Waals surface area contributed by atoms with Gasteiger partial charge in [-0.05, 0) is 17.5 Å². The van der Waals surface area contributed by atoms with Gasteiger partial charge in [0.05, 0.1) is 24.1 Å². The zero-order valence-electron chi connectivity index (χ0n) is 11.1. The first-order chi connectivity index (χ1) is 9.81. The van der Waals surface area contributed by atoms with Crippen LogP contribution in [0, 0.1) is 11.8 Å². The van der Waals surface area contributed by atoms with Crippen LogP contribution < -0.4 is 4.90 Å². The predicted molar refractivity (Wildman–Crippen MR) is 77.6 cm³/mol. The quantitative estimate of drug-likeness (QED) is 0.870. The molecule has 5 heteroatoms. The second-order valence-corrected chi connectivity index (χ2v) is 6.40. The van der Waals surface area contributed by atoms with Gasteiger partial charge in [0, 0.05) is 43.0 Å². The number of rotatable bonds is 3. The average Bonchev–Trinajstić information content (AvgIpc) is 3.17. The van der Waals surface area contributed by atoms with E-state index >= 15 is 0 Å². The molecule has 0 unspecified atom stereocenters. The van der Waals surface area contributed by atoms with E-state index in [0.717, 1.165) is 31.9 Å². The number of carbonyl (C=O) groups excluding carboxylic acids is 1. The number of anilines is 1. The molecule has 2 aromatic rings. The molecule has 0 spiro atoms. The highest BCUT2D eigenvalue weighted by Crippen LogP contribution is 2.36. The van der Waals surface area contributed by atoms with Crippen molar-refractivity contribution in [3.8, 4) is 0 Å². The van der Waals surface area contributed by atoms with Gasteiger partial charge in [-0.1, -0.05) is 0 Å². The number of amides is 1. The van der Waals surface area contributed by atoms with Crippen LogP contribution in [-0.4, -0.2) is 30.4 Å². The molecule has 0 saturated carbocycles. The average molecular weight is 288 g/mol. The van der Waals surface area contributed by atoms with Gasteiger partial charge in [0.15, 0.2) is 0 Å². The summed E-state index contributed by atoms with van der Waals surface area (Å²) in [6, 6.07) is 4.03. The molecule has 0 N–H and O–H groups in total. The van der Waals surface area contributed by atoms with Gasteiger partial charge in [-0.2, -0.15) is 11.3 Å². The zero-order chi connectivity index (χ0) is 13.5. The van der Waals surface area contributed by atoms with Crippen molar-refractivity contribution in [2.24, 2.45) is 11.8 Å². The van der Waals surface area contributed by atoms with Crippen molar-refractivity contribution < 1.29 is 9.21 Å². The molecule has 4 heterocycles. The van der Waals surface area contributed by atoms with Gasteiger partial charge in [0.1, 0.15) is 0 Å². The van der Waals surface area contributed by atoms with Crippen LogP contribution in [0.3, 0.4) is 0 Å². The third kappa shape index (κ3) is 1.98. The first-order valence-corrected chi connectivity index (χ1v) is 7.82. The van der Waals surface area contributed by atoms with Crippen molar-refractivity contribution in [1.82, 2.24) is 4.90 Å². The maximum Gasteiger partial charge on any atom is 0.231 e. The molecule has 1 amide bonds. The molecule has 2 aliphatic heterocycles. The largest absolute Gasteiger partial charge is 0.472 e. The first kappa shape index (κ1) is 12.2. The second-order valence-electron chi connectivity index (χ2n) is 5.62. The van der Waals surface area contributed by atoms with E-state index in [1.807, 2.05) is 22.4 Å². The molecule has 0 aromatic carbocycles. The molecule has 2 aromatic heterocycles. The Bertz CT molecular complexity index is 593. The van der Waals surface area contributed by atoms with Crippen molar-refractivity contribution in [2.75, 3.05) is 24.5 Å². The molecule has 104 valence electrons. The van der Waals surface area contributed by atoms with Gasteiger partial charge < -0.3 is 9.32 Å². The number of likely N-dealkylation sites (tertiary alicyclic amines) is 1. The molecule has 20 heavy (non-hydrogen) atoms. The Morgan fingerprint density at radius 2 is 2.25 bits per heavy atom. The number of nitrogens with zero attached hydrogens (tertiary/aromatic N) is 2. The zero-order valence-corrected chi connectivity index (χ0v) is 11.9. The van der Waals surface area contributed by atoms with Gasteiger partial charge in [0.2, 0.25) is 5.91 Å². The summed E-state index contributed by atoms with van der Waals surface area (Å²) in [7, 11) is 0. The topological polar surface area (TPSA) is 36.7 Å². The van der Waals surface area contributed by atoms with Crippen LogP contribution in [0.1, 0.15) is 5.56 Å². The number of furan rings is 1. The summed E-state index contributed by atoms with van der Waals surface area (Å²) in [5.41, 5.74) is 2.25. The minimum atomic E-state index is 0.168. The van der Waals surface area contributed by atoms with Crippen molar-refractivity contribution in [2.45, 2.75) is 6.54 Å². The SMILES string of the molecule is O=C1[C@@H]2CN(Cc3ccoc3)C[C@@H]2CN1c1ccsc1. The summed E-state index contributed by atoms with van der Waals surface area (Å²) in [6.07, 6.45) is 3.49. The van der Waals surface area contributed by atoms with E-state index < -0.39 is 0 Å². The van der Waals surface area contributed by atoms with Gasteiger partial charge in [-0.3, -0.25) is 9.69 Å². The molecule has 0 radical (unpaired) electrons. The maximum atomic E-state index is 12.5. The Hall–Kier alpha value is -1.59. The van der Waals surface area contributed by atoms with E-state index in [1.54, 1.807) is 23.9 Å². The monoisotopic (exact) mass is 288 g/mol. The number of hydrogen-bond donors (Lipinski definition) is 0. The number of carbonyl (C=O) groups is 1. The summed E-state index contributed by atoms with van der Waals surface area (Å²) in [5.74, 6) is 0.930. The fourth-order valence-corrected chi connectivity index (χ4v) is 4.01. The highest BCUT2D eigenvalue weighted by atomic mass is 32.1. The Morgan fingerprint density at radius 1 is 1.30 bits per heavy atom. The highest BCUT2D eigenvalue weighted by molar-refractivity contribution is 7.08. The minimum Gasteiger partial charge on any atom is -0.472 e. The molecular formula is C15H16N2O2S. The number of hydrogen-bond acceptors (Lipinski definition) is 4. The highest BCUT2D eigenvalue weighted by Gasteiger charge is 2.46. The molecule has 4 nitrogen and oxygen atoms in total. The lowest BCUT2D eigenvalue weighted by molar-refractivity contribution is -0.120. The summed E-state index contributed by atoms with van der Waals surface area (Å²) < 4.78 is 5.11. The summed E-state index contributed by atoms with van der Waals surface area (Å²) >= 11 is 1.65. The fourth-order valence-electron chi connectivity index (χ4n) is 3.36. The second kappa shape index (κ2) is 4.75. The molecule has 2 atom stereocenters. The number of fused-ring (bicyclic) bond motifs is 1. The maximum absolute atomic E-state index is 12.5. The predicted octanol–water partition coefficient (Wildman–Crippen LogP) is 2.44. The van der Waals surface area contributed by atoms with Gasteiger partial charge >= 0.3 is 0 Å². The van der Waals surface area contributed by atoms with Crippen molar-refractivity contribution in [3.05, 3.63) is 41.0 Å². The van der Waals surface area contributed by atoms with Crippen LogP contribution in [0.2, 0.25) is 0 Å². The molecule has 0 aliphatic carbocycles. The van der Waals surface area contributed by atoms with Crippen LogP contribution >= 0.6 is 11.3 Å². The molecule has 2 fully saturated rings. The van der Waals surface area contributed by atoms with E-state index in [-0.39, 0.29) is 5.92 Å². The van der Waals surface area contributed by atoms with Crippen LogP contribution in [-0.2, 0) is 11.3 Å². The van der Waals surface area contributed by atoms with E-state index in [2.05, 4.69) is 10.3 Å². The first-order valence-electron chi connectivity index (χ1n) is 6.88. The summed E-state index contributed by atoms with van der Waals surface area (Å²) in [6.45, 7) is 3.62. The van der Waals surface area contributed by atoms with Crippen molar-refractivity contribution >= 4 is 22.9 Å². The summed E-state index contributed by atoms with van der Waals surface area (Å²) in [4.78, 5) is 16.8. The van der Waals surface area contributed by atoms with E-state index in [4.69, 9.17) is 4.42 Å². The van der Waals surface area contributed by atoms with Crippen LogP contribution in [0.5, 0.6) is 0 Å². The standard InChI is InChI=1S/C15H16N2O2S/c18-15-14-8-16(5-11-1-3-19-9-11)6-12(14)7-17(15)13-2-4-20-10-13/h1-4,9-10,12,14H,5-8H2/t12-,14-/m1/s1. The fraction of sp³-hybridized carbons (Fsp3) is 0.400. The lowest BCUT2D eigenvalue weighted by atomic mass is 10.0. The Labute approximate surface area is 121 Å². The van der Waals surface area contributed by atoms with Gasteiger partial charge in [-0.25, -0.2) is 0 Å². The van der Waals surface area contributed by atoms with Crippen LogP contribution in [0.25, 0.3) is 0 Å². The molecule has 0 bridgehead atoms. The van der Waals surface area contributed by atoms with Crippen LogP contribution in [0.4, 0.5) is 5.69 Å². The number of thiophene rings is 1. The Morgan fingerprint density at radius 3 is 2.95 bits per heavy atom.